The van der Waals surface area contributed by atoms with Crippen LogP contribution in [0.15, 0.2) is 79.9 Å². The number of benzene rings is 1. The Morgan fingerprint density at radius 3 is 2.83 bits per heavy atom. The quantitative estimate of drug-likeness (QED) is 0.474. The maximum absolute atomic E-state index is 12.4. The van der Waals surface area contributed by atoms with Crippen LogP contribution >= 0.6 is 11.8 Å². The third-order valence-corrected chi connectivity index (χ3v) is 5.05. The van der Waals surface area contributed by atoms with E-state index in [1.165, 1.54) is 28.7 Å². The second kappa shape index (κ2) is 8.19. The molecule has 3 heterocycles. The van der Waals surface area contributed by atoms with Gasteiger partial charge >= 0.3 is 5.69 Å². The highest BCUT2D eigenvalue weighted by molar-refractivity contribution is 7.99. The van der Waals surface area contributed by atoms with E-state index in [0.29, 0.717) is 10.8 Å². The molecule has 0 aliphatic rings. The van der Waals surface area contributed by atoms with Gasteiger partial charge in [0.15, 0.2) is 0 Å². The normalized spacial score (nSPS) is 10.9. The summed E-state index contributed by atoms with van der Waals surface area (Å²) >= 11 is 1.27. The predicted molar refractivity (Wildman–Crippen MR) is 110 cm³/mol. The van der Waals surface area contributed by atoms with Crippen molar-refractivity contribution < 1.29 is 9.21 Å². The number of nitrogens with one attached hydrogen (secondary N) is 2. The van der Waals surface area contributed by atoms with Gasteiger partial charge in [-0.3, -0.25) is 19.1 Å². The molecule has 0 atom stereocenters. The van der Waals surface area contributed by atoms with Crippen LogP contribution < -0.4 is 16.6 Å². The number of H-pyrrole nitrogens is 1. The molecule has 146 valence electrons. The number of carbonyl (C=O) groups is 1. The summed E-state index contributed by atoms with van der Waals surface area (Å²) < 4.78 is 6.48. The first kappa shape index (κ1) is 18.8. The summed E-state index contributed by atoms with van der Waals surface area (Å²) in [6.45, 7) is 0.0810. The lowest BCUT2D eigenvalue weighted by molar-refractivity contribution is -0.113. The van der Waals surface area contributed by atoms with Gasteiger partial charge in [0.25, 0.3) is 5.56 Å². The van der Waals surface area contributed by atoms with E-state index in [-0.39, 0.29) is 24.0 Å². The van der Waals surface area contributed by atoms with E-state index >= 15 is 0 Å². The van der Waals surface area contributed by atoms with E-state index in [9.17, 15) is 14.4 Å². The summed E-state index contributed by atoms with van der Waals surface area (Å²) in [7, 11) is 0. The number of pyridine rings is 1. The lowest BCUT2D eigenvalue weighted by Gasteiger charge is -2.12. The van der Waals surface area contributed by atoms with Crippen LogP contribution in [0.2, 0.25) is 0 Å². The highest BCUT2D eigenvalue weighted by atomic mass is 32.2. The smallest absolute Gasteiger partial charge is 0.330 e. The maximum Gasteiger partial charge on any atom is 0.330 e. The molecule has 4 aromatic rings. The van der Waals surface area contributed by atoms with Gasteiger partial charge in [-0.2, -0.15) is 0 Å². The van der Waals surface area contributed by atoms with E-state index in [1.54, 1.807) is 12.1 Å². The second-order valence-electron chi connectivity index (χ2n) is 6.17. The van der Waals surface area contributed by atoms with Gasteiger partial charge in [0.1, 0.15) is 11.6 Å². The third-order valence-electron chi connectivity index (χ3n) is 4.12. The van der Waals surface area contributed by atoms with Gasteiger partial charge in [-0.05, 0) is 24.3 Å². The molecule has 0 aliphatic heterocycles. The number of thioether (sulfide) groups is 1. The Morgan fingerprint density at radius 2 is 2.00 bits per heavy atom. The zero-order valence-corrected chi connectivity index (χ0v) is 15.9. The lowest BCUT2D eigenvalue weighted by Crippen LogP contribution is -2.33. The van der Waals surface area contributed by atoms with Crippen LogP contribution in [0, 0.1) is 0 Å². The number of furan rings is 1. The largest absolute Gasteiger partial charge is 0.467 e. The first-order chi connectivity index (χ1) is 14.1. The molecule has 0 fully saturated rings. The molecule has 0 radical (unpaired) electrons. The molecule has 8 nitrogen and oxygen atoms in total. The molecule has 29 heavy (non-hydrogen) atoms. The van der Waals surface area contributed by atoms with Crippen LogP contribution in [0.1, 0.15) is 5.76 Å². The zero-order valence-electron chi connectivity index (χ0n) is 15.1. The number of para-hydroxylation sites is 1. The van der Waals surface area contributed by atoms with E-state index in [1.807, 2.05) is 36.4 Å². The van der Waals surface area contributed by atoms with Crippen molar-refractivity contribution in [2.24, 2.45) is 0 Å². The molecule has 1 aromatic carbocycles. The SMILES string of the molecule is O=C(CSc1ccc2ccccc2n1)Nc1cc(=O)[nH]c(=O)n1Cc1ccco1. The van der Waals surface area contributed by atoms with Crippen molar-refractivity contribution in [3.8, 4) is 0 Å². The molecule has 0 saturated carbocycles. The minimum Gasteiger partial charge on any atom is -0.467 e. The van der Waals surface area contributed by atoms with Gasteiger partial charge in [0.05, 0.1) is 29.1 Å². The van der Waals surface area contributed by atoms with Crippen molar-refractivity contribution in [3.63, 3.8) is 0 Å². The van der Waals surface area contributed by atoms with E-state index in [4.69, 9.17) is 4.42 Å². The topological polar surface area (TPSA) is 110 Å². The van der Waals surface area contributed by atoms with Gasteiger partial charge in [0, 0.05) is 11.5 Å². The van der Waals surface area contributed by atoms with Crippen molar-refractivity contribution >= 4 is 34.4 Å². The number of rotatable bonds is 6. The summed E-state index contributed by atoms with van der Waals surface area (Å²) in [5.41, 5.74) is -0.377. The molecule has 3 aromatic heterocycles. The number of hydrogen-bond acceptors (Lipinski definition) is 6. The number of amides is 1. The van der Waals surface area contributed by atoms with Gasteiger partial charge in [-0.15, -0.1) is 0 Å². The Kier molecular flexibility index (Phi) is 5.30. The first-order valence-corrected chi connectivity index (χ1v) is 9.72. The fourth-order valence-electron chi connectivity index (χ4n) is 2.79. The molecule has 0 aliphatic carbocycles. The Balaban J connectivity index is 1.48. The van der Waals surface area contributed by atoms with Crippen molar-refractivity contribution in [2.75, 3.05) is 11.1 Å². The fraction of sp³-hybridized carbons (Fsp3) is 0.100. The van der Waals surface area contributed by atoms with Gasteiger partial charge in [-0.25, -0.2) is 9.78 Å². The number of fused-ring (bicyclic) bond motifs is 1. The third kappa shape index (κ3) is 4.46. The van der Waals surface area contributed by atoms with Crippen LogP contribution in [0.25, 0.3) is 10.9 Å². The summed E-state index contributed by atoms with van der Waals surface area (Å²) in [5.74, 6) is 0.340. The molecule has 0 saturated heterocycles. The van der Waals surface area contributed by atoms with Crippen LogP contribution in [0.4, 0.5) is 5.82 Å². The zero-order chi connectivity index (χ0) is 20.2. The number of hydrogen-bond donors (Lipinski definition) is 2. The van der Waals surface area contributed by atoms with Gasteiger partial charge in [-0.1, -0.05) is 36.0 Å². The van der Waals surface area contributed by atoms with E-state index in [2.05, 4.69) is 15.3 Å². The number of nitrogens with zero attached hydrogens (tertiary/aromatic N) is 2. The van der Waals surface area contributed by atoms with Crippen molar-refractivity contribution in [3.05, 3.63) is 87.5 Å². The van der Waals surface area contributed by atoms with Crippen molar-refractivity contribution in [1.29, 1.82) is 0 Å². The molecule has 4 rings (SSSR count). The minimum absolute atomic E-state index is 0.0765. The summed E-state index contributed by atoms with van der Waals surface area (Å²) in [5, 5.41) is 4.35. The average Bonchev–Trinajstić information content (AvgIpc) is 3.22. The average molecular weight is 408 g/mol. The number of carbonyl (C=O) groups excluding carboxylic acids is 1. The molecule has 0 bridgehead atoms. The molecule has 9 heteroatoms. The highest BCUT2D eigenvalue weighted by Gasteiger charge is 2.12. The van der Waals surface area contributed by atoms with E-state index in [0.717, 1.165) is 10.9 Å². The molecule has 1 amide bonds. The summed E-state index contributed by atoms with van der Waals surface area (Å²) in [6.07, 6.45) is 1.48. The Hall–Kier alpha value is -3.59. The fourth-order valence-corrected chi connectivity index (χ4v) is 3.46. The van der Waals surface area contributed by atoms with Crippen LogP contribution in [-0.2, 0) is 11.3 Å². The Morgan fingerprint density at radius 1 is 1.14 bits per heavy atom. The predicted octanol–water partition coefficient (Wildman–Crippen LogP) is 2.46. The maximum atomic E-state index is 12.4. The first-order valence-electron chi connectivity index (χ1n) is 8.73. The van der Waals surface area contributed by atoms with Crippen LogP contribution in [0.3, 0.4) is 0 Å². The summed E-state index contributed by atoms with van der Waals surface area (Å²) in [4.78, 5) is 43.0. The van der Waals surface area contributed by atoms with Crippen LogP contribution in [0.5, 0.6) is 0 Å². The molecule has 0 unspecified atom stereocenters. The molecular weight excluding hydrogens is 392 g/mol. The Labute approximate surface area is 168 Å². The number of aromatic nitrogens is 3. The molecule has 2 N–H and O–H groups in total. The summed E-state index contributed by atoms with van der Waals surface area (Å²) in [6, 6.07) is 16.1. The Bertz CT molecular complexity index is 1280. The number of anilines is 1. The number of aromatic amines is 1. The second-order valence-corrected chi connectivity index (χ2v) is 7.16. The van der Waals surface area contributed by atoms with Gasteiger partial charge < -0.3 is 9.73 Å². The monoisotopic (exact) mass is 408 g/mol. The highest BCUT2D eigenvalue weighted by Crippen LogP contribution is 2.20. The molecular formula is C20H16N4O4S. The standard InChI is InChI=1S/C20H16N4O4S/c25-17-10-16(24(20(27)23-17)11-14-5-3-9-28-14)22-18(26)12-29-19-8-7-13-4-1-2-6-15(13)21-19/h1-10H,11-12H2,(H,22,26)(H,23,25,27). The van der Waals surface area contributed by atoms with Crippen molar-refractivity contribution in [2.45, 2.75) is 11.6 Å². The van der Waals surface area contributed by atoms with Gasteiger partial charge in [0.2, 0.25) is 5.91 Å². The lowest BCUT2D eigenvalue weighted by atomic mass is 10.2. The van der Waals surface area contributed by atoms with E-state index < -0.39 is 11.2 Å². The van der Waals surface area contributed by atoms with Crippen molar-refractivity contribution in [1.82, 2.24) is 14.5 Å². The van der Waals surface area contributed by atoms with Crippen LogP contribution in [-0.4, -0.2) is 26.2 Å². The minimum atomic E-state index is -0.631. The molecule has 0 spiro atoms.